The molecule has 2 aromatic carbocycles. The average Bonchev–Trinajstić information content (AvgIpc) is 3.32. The molecule has 2 heterocycles. The van der Waals surface area contributed by atoms with Crippen LogP contribution in [0.1, 0.15) is 20.8 Å². The summed E-state index contributed by atoms with van der Waals surface area (Å²) in [6, 6.07) is 19.9. The molecule has 0 bridgehead atoms. The topological polar surface area (TPSA) is 84.1 Å². The Balaban J connectivity index is 1.63. The van der Waals surface area contributed by atoms with Crippen LogP contribution in [-0.2, 0) is 0 Å². The maximum absolute atomic E-state index is 13.1. The van der Waals surface area contributed by atoms with E-state index < -0.39 is 0 Å². The van der Waals surface area contributed by atoms with Crippen LogP contribution in [0.3, 0.4) is 0 Å². The number of rotatable bonds is 7. The first-order valence-electron chi connectivity index (χ1n) is 9.29. The third-order valence-corrected chi connectivity index (χ3v) is 5.45. The van der Waals surface area contributed by atoms with Gasteiger partial charge < -0.3 is 15.0 Å². The Morgan fingerprint density at radius 2 is 1.87 bits per heavy atom. The Hall–Kier alpha value is -3.58. The van der Waals surface area contributed by atoms with Gasteiger partial charge in [0.25, 0.3) is 5.91 Å². The van der Waals surface area contributed by atoms with E-state index in [4.69, 9.17) is 4.74 Å². The Morgan fingerprint density at radius 1 is 1.07 bits per heavy atom. The number of anilines is 1. The van der Waals surface area contributed by atoms with Gasteiger partial charge in [0.05, 0.1) is 40.4 Å². The molecule has 1 amide bonds. The van der Waals surface area contributed by atoms with Crippen molar-refractivity contribution in [2.24, 2.45) is 0 Å². The number of methoxy groups -OCH3 is 1. The lowest BCUT2D eigenvalue weighted by molar-refractivity contribution is 0.101. The van der Waals surface area contributed by atoms with Gasteiger partial charge in [-0.05, 0) is 36.4 Å². The largest absolute Gasteiger partial charge is 0.495 e. The van der Waals surface area contributed by atoms with Crippen molar-refractivity contribution in [1.82, 2.24) is 9.97 Å². The van der Waals surface area contributed by atoms with Gasteiger partial charge >= 0.3 is 0 Å². The van der Waals surface area contributed by atoms with Gasteiger partial charge in [-0.25, -0.2) is 4.98 Å². The minimum atomic E-state index is -0.268. The van der Waals surface area contributed by atoms with Gasteiger partial charge in [0, 0.05) is 11.6 Å². The molecule has 2 N–H and O–H groups in total. The molecule has 0 atom stereocenters. The lowest BCUT2D eigenvalue weighted by atomic mass is 10.1. The first-order valence-corrected chi connectivity index (χ1v) is 10.3. The smallest absolute Gasteiger partial charge is 0.256 e. The highest BCUT2D eigenvalue weighted by atomic mass is 32.2. The number of hydrogen-bond donors (Lipinski definition) is 2. The Kier molecular flexibility index (Phi) is 5.81. The van der Waals surface area contributed by atoms with Gasteiger partial charge in [-0.2, -0.15) is 0 Å². The molecule has 0 fully saturated rings. The van der Waals surface area contributed by atoms with Gasteiger partial charge in [-0.3, -0.25) is 9.59 Å². The van der Waals surface area contributed by atoms with E-state index in [2.05, 4.69) is 15.3 Å². The number of aromatic amines is 1. The highest BCUT2D eigenvalue weighted by Crippen LogP contribution is 2.28. The summed E-state index contributed by atoms with van der Waals surface area (Å²) in [6.07, 6.45) is 1.71. The van der Waals surface area contributed by atoms with Gasteiger partial charge in [0.15, 0.2) is 5.78 Å². The molecular formula is C23H19N3O3S. The summed E-state index contributed by atoms with van der Waals surface area (Å²) in [4.78, 5) is 32.9. The minimum Gasteiger partial charge on any atom is -0.495 e. The number of ether oxygens (including phenoxy) is 1. The number of carbonyl (C=O) groups excluding carboxylic acids is 2. The van der Waals surface area contributed by atoms with Crippen LogP contribution < -0.4 is 10.1 Å². The van der Waals surface area contributed by atoms with Crippen LogP contribution in [0.4, 0.5) is 5.69 Å². The van der Waals surface area contributed by atoms with Crippen molar-refractivity contribution >= 4 is 40.0 Å². The quantitative estimate of drug-likeness (QED) is 0.333. The maximum atomic E-state index is 13.1. The van der Waals surface area contributed by atoms with Crippen LogP contribution in [0.2, 0.25) is 0 Å². The molecule has 0 aliphatic heterocycles. The van der Waals surface area contributed by atoms with Crippen molar-refractivity contribution in [3.05, 3.63) is 84.2 Å². The monoisotopic (exact) mass is 417 g/mol. The molecule has 0 spiro atoms. The normalized spacial score (nSPS) is 10.7. The molecule has 0 unspecified atom stereocenters. The van der Waals surface area contributed by atoms with E-state index in [-0.39, 0.29) is 17.4 Å². The zero-order valence-corrected chi connectivity index (χ0v) is 17.0. The van der Waals surface area contributed by atoms with Gasteiger partial charge in [0.1, 0.15) is 5.75 Å². The standard InChI is InChI=1S/C23H19N3O3S/c1-29-21-11-5-4-9-19(21)26-23(28)16-13-22(25-17-8-3-2-7-15(16)17)30-14-20(27)18-10-6-12-24-18/h2-13,24H,14H2,1H3,(H,26,28). The summed E-state index contributed by atoms with van der Waals surface area (Å²) in [5.41, 5.74) is 2.32. The fourth-order valence-electron chi connectivity index (χ4n) is 3.07. The second-order valence-electron chi connectivity index (χ2n) is 6.48. The number of H-pyrrole nitrogens is 1. The third-order valence-electron chi connectivity index (χ3n) is 4.54. The molecule has 4 rings (SSSR count). The fourth-order valence-corrected chi connectivity index (χ4v) is 3.87. The molecule has 150 valence electrons. The zero-order chi connectivity index (χ0) is 20.9. The molecular weight excluding hydrogens is 398 g/mol. The Morgan fingerprint density at radius 3 is 2.67 bits per heavy atom. The third kappa shape index (κ3) is 4.21. The van der Waals surface area contributed by atoms with Crippen LogP contribution >= 0.6 is 11.8 Å². The number of Topliss-reactive ketones (excluding diaryl/α,β-unsaturated/α-hetero) is 1. The minimum absolute atomic E-state index is 0.0278. The molecule has 7 heteroatoms. The summed E-state index contributed by atoms with van der Waals surface area (Å²) >= 11 is 1.30. The molecule has 0 aliphatic carbocycles. The van der Waals surface area contributed by atoms with Crippen LogP contribution in [0.25, 0.3) is 10.9 Å². The maximum Gasteiger partial charge on any atom is 0.256 e. The molecule has 4 aromatic rings. The molecule has 0 radical (unpaired) electrons. The number of hydrogen-bond acceptors (Lipinski definition) is 5. The van der Waals surface area contributed by atoms with E-state index in [0.717, 1.165) is 5.39 Å². The van der Waals surface area contributed by atoms with E-state index in [1.807, 2.05) is 36.4 Å². The first kappa shape index (κ1) is 19.7. The number of nitrogens with one attached hydrogen (secondary N) is 2. The van der Waals surface area contributed by atoms with Crippen LogP contribution in [0.5, 0.6) is 5.75 Å². The lowest BCUT2D eigenvalue weighted by Crippen LogP contribution is -2.14. The summed E-state index contributed by atoms with van der Waals surface area (Å²) in [5.74, 6) is 0.505. The second-order valence-corrected chi connectivity index (χ2v) is 7.47. The zero-order valence-electron chi connectivity index (χ0n) is 16.2. The van der Waals surface area contributed by atoms with Crippen molar-refractivity contribution in [2.45, 2.75) is 5.03 Å². The number of pyridine rings is 1. The molecule has 30 heavy (non-hydrogen) atoms. The van der Waals surface area contributed by atoms with Crippen molar-refractivity contribution in [3.63, 3.8) is 0 Å². The van der Waals surface area contributed by atoms with Crippen LogP contribution in [0, 0.1) is 0 Å². The van der Waals surface area contributed by atoms with E-state index in [1.54, 1.807) is 43.6 Å². The summed E-state index contributed by atoms with van der Waals surface area (Å²) < 4.78 is 5.32. The summed E-state index contributed by atoms with van der Waals surface area (Å²) in [7, 11) is 1.56. The Labute approximate surface area is 177 Å². The van der Waals surface area contributed by atoms with E-state index >= 15 is 0 Å². The number of ketones is 1. The van der Waals surface area contributed by atoms with E-state index in [1.165, 1.54) is 11.8 Å². The summed E-state index contributed by atoms with van der Waals surface area (Å²) in [6.45, 7) is 0. The Bertz CT molecular complexity index is 1210. The van der Waals surface area contributed by atoms with Crippen molar-refractivity contribution in [3.8, 4) is 5.75 Å². The highest BCUT2D eigenvalue weighted by Gasteiger charge is 2.16. The summed E-state index contributed by atoms with van der Waals surface area (Å²) in [5, 5.41) is 4.26. The molecule has 0 saturated heterocycles. The number of nitrogens with zero attached hydrogens (tertiary/aromatic N) is 1. The second kappa shape index (κ2) is 8.84. The number of fused-ring (bicyclic) bond motifs is 1. The van der Waals surface area contributed by atoms with Crippen molar-refractivity contribution < 1.29 is 14.3 Å². The number of para-hydroxylation sites is 3. The average molecular weight is 417 g/mol. The van der Waals surface area contributed by atoms with E-state index in [9.17, 15) is 9.59 Å². The van der Waals surface area contributed by atoms with Gasteiger partial charge in [0.2, 0.25) is 0 Å². The number of aromatic nitrogens is 2. The van der Waals surface area contributed by atoms with Crippen LogP contribution in [-0.4, -0.2) is 34.5 Å². The predicted molar refractivity (Wildman–Crippen MR) is 119 cm³/mol. The fraction of sp³-hybridized carbons (Fsp3) is 0.0870. The van der Waals surface area contributed by atoms with Gasteiger partial charge in [-0.15, -0.1) is 0 Å². The molecule has 0 saturated carbocycles. The SMILES string of the molecule is COc1ccccc1NC(=O)c1cc(SCC(=O)c2ccc[nH]2)nc2ccccc12. The van der Waals surface area contributed by atoms with Crippen molar-refractivity contribution in [2.75, 3.05) is 18.2 Å². The van der Waals surface area contributed by atoms with Crippen LogP contribution in [0.15, 0.2) is 78.0 Å². The number of amides is 1. The number of thioether (sulfide) groups is 1. The molecule has 2 aromatic heterocycles. The number of benzene rings is 2. The first-order chi connectivity index (χ1) is 14.7. The highest BCUT2D eigenvalue weighted by molar-refractivity contribution is 7.99. The molecule has 0 aliphatic rings. The van der Waals surface area contributed by atoms with Gasteiger partial charge in [-0.1, -0.05) is 42.1 Å². The van der Waals surface area contributed by atoms with Crippen molar-refractivity contribution in [1.29, 1.82) is 0 Å². The van der Waals surface area contributed by atoms with E-state index in [0.29, 0.717) is 33.2 Å². The lowest BCUT2D eigenvalue weighted by Gasteiger charge is -2.12. The predicted octanol–water partition coefficient (Wildman–Crippen LogP) is 4.80. The molecule has 6 nitrogen and oxygen atoms in total. The number of carbonyl (C=O) groups is 2.